The molecule has 3 rings (SSSR count). The van der Waals surface area contributed by atoms with E-state index in [1.54, 1.807) is 0 Å². The number of likely N-dealkylation sites (tertiary alicyclic amines) is 1. The Labute approximate surface area is 139 Å². The molecule has 2 N–H and O–H groups in total. The summed E-state index contributed by atoms with van der Waals surface area (Å²) in [5.74, 6) is 0. The summed E-state index contributed by atoms with van der Waals surface area (Å²) in [6, 6.07) is 4.39. The monoisotopic (exact) mass is 314 g/mol. The van der Waals surface area contributed by atoms with Crippen LogP contribution in [-0.2, 0) is 0 Å². The minimum atomic E-state index is 0.00476. The fourth-order valence-electron chi connectivity index (χ4n) is 3.62. The first-order chi connectivity index (χ1) is 10.8. The molecule has 1 fully saturated rings. The number of fused-ring (bicyclic) bond motifs is 1. The molecule has 0 bridgehead atoms. The smallest absolute Gasteiger partial charge is 0.178 e. The lowest BCUT2D eigenvalue weighted by Crippen LogP contribution is -2.53. The van der Waals surface area contributed by atoms with Crippen LogP contribution in [0.25, 0.3) is 6.20 Å². The number of hydrogen-bond donors (Lipinski definition) is 1. The van der Waals surface area contributed by atoms with Crippen LogP contribution in [-0.4, -0.2) is 36.2 Å². The van der Waals surface area contributed by atoms with Crippen molar-refractivity contribution < 1.29 is 0 Å². The second-order valence-electron chi connectivity index (χ2n) is 8.05. The normalized spacial score (nSPS) is 25.3. The van der Waals surface area contributed by atoms with Gasteiger partial charge in [0.05, 0.1) is 5.36 Å². The van der Waals surface area contributed by atoms with Crippen molar-refractivity contribution in [3.05, 3.63) is 33.8 Å². The van der Waals surface area contributed by atoms with Crippen molar-refractivity contribution in [2.75, 3.05) is 20.1 Å². The first-order valence-electron chi connectivity index (χ1n) is 8.69. The third-order valence-corrected chi connectivity index (χ3v) is 5.23. The topological polar surface area (TPSA) is 44.9 Å². The Hall–Kier alpha value is -1.39. The van der Waals surface area contributed by atoms with E-state index in [1.165, 1.54) is 23.6 Å². The van der Waals surface area contributed by atoms with Crippen LogP contribution in [0.3, 0.4) is 0 Å². The molecule has 1 aromatic rings. The molecule has 1 unspecified atom stereocenters. The molecule has 4 heteroatoms. The van der Waals surface area contributed by atoms with E-state index < -0.39 is 0 Å². The number of piperidine rings is 1. The van der Waals surface area contributed by atoms with Gasteiger partial charge in [0.1, 0.15) is 0 Å². The second-order valence-corrected chi connectivity index (χ2v) is 8.05. The molecule has 1 aromatic carbocycles. The number of nitrogens with zero attached hydrogens (tertiary/aromatic N) is 3. The average molecular weight is 314 g/mol. The van der Waals surface area contributed by atoms with Gasteiger partial charge < -0.3 is 10.6 Å². The van der Waals surface area contributed by atoms with Crippen molar-refractivity contribution in [1.29, 1.82) is 0 Å². The van der Waals surface area contributed by atoms with Gasteiger partial charge >= 0.3 is 0 Å². The third kappa shape index (κ3) is 3.29. The molecule has 0 saturated carbocycles. The zero-order chi connectivity index (χ0) is 16.8. The van der Waals surface area contributed by atoms with Crippen molar-refractivity contribution in [1.82, 2.24) is 9.80 Å². The Morgan fingerprint density at radius 2 is 1.91 bits per heavy atom. The fourth-order valence-corrected chi connectivity index (χ4v) is 3.62. The van der Waals surface area contributed by atoms with Gasteiger partial charge in [-0.05, 0) is 49.3 Å². The maximum Gasteiger partial charge on any atom is 0.178 e. The number of benzene rings is 1. The quantitative estimate of drug-likeness (QED) is 0.904. The van der Waals surface area contributed by atoms with E-state index in [0.29, 0.717) is 5.41 Å². The summed E-state index contributed by atoms with van der Waals surface area (Å²) < 4.78 is 0. The number of rotatable bonds is 2. The standard InChI is InChI=1S/C19H30N4/c1-13-10-15-12-22(5)18(21-17(15)16(11-13)14(2)20)23-8-6-19(3,4)7-9-23/h10-12,14,18H,6-9,20H2,1-5H3/t14?,18-/m0/s1. The minimum Gasteiger partial charge on any atom is -0.346 e. The largest absolute Gasteiger partial charge is 0.346 e. The molecular formula is C19H30N4. The van der Waals surface area contributed by atoms with Crippen molar-refractivity contribution in [2.24, 2.45) is 16.1 Å². The maximum atomic E-state index is 6.20. The molecule has 1 saturated heterocycles. The molecule has 2 aliphatic rings. The lowest BCUT2D eigenvalue weighted by Gasteiger charge is -2.42. The lowest BCUT2D eigenvalue weighted by molar-refractivity contribution is 0.0443. The predicted octanol–water partition coefficient (Wildman–Crippen LogP) is 1.72. The highest BCUT2D eigenvalue weighted by Crippen LogP contribution is 2.31. The van der Waals surface area contributed by atoms with Crippen LogP contribution in [0.5, 0.6) is 0 Å². The number of hydrogen-bond acceptors (Lipinski definition) is 4. The van der Waals surface area contributed by atoms with E-state index in [9.17, 15) is 0 Å². The molecular weight excluding hydrogens is 284 g/mol. The zero-order valence-corrected chi connectivity index (χ0v) is 15.1. The summed E-state index contributed by atoms with van der Waals surface area (Å²) >= 11 is 0. The van der Waals surface area contributed by atoms with Crippen LogP contribution in [0, 0.1) is 12.3 Å². The highest BCUT2D eigenvalue weighted by atomic mass is 15.4. The van der Waals surface area contributed by atoms with Gasteiger partial charge in [0.2, 0.25) is 0 Å². The van der Waals surface area contributed by atoms with Gasteiger partial charge in [-0.3, -0.25) is 4.90 Å². The summed E-state index contributed by atoms with van der Waals surface area (Å²) in [7, 11) is 2.13. The van der Waals surface area contributed by atoms with Crippen molar-refractivity contribution in [2.45, 2.75) is 52.9 Å². The van der Waals surface area contributed by atoms with Crippen LogP contribution in [0.2, 0.25) is 0 Å². The van der Waals surface area contributed by atoms with Gasteiger partial charge in [-0.1, -0.05) is 19.9 Å². The van der Waals surface area contributed by atoms with Gasteiger partial charge in [-0.25, -0.2) is 4.99 Å². The highest BCUT2D eigenvalue weighted by molar-refractivity contribution is 5.33. The summed E-state index contributed by atoms with van der Waals surface area (Å²) in [5.41, 5.74) is 9.06. The van der Waals surface area contributed by atoms with Gasteiger partial charge in [-0.2, -0.15) is 0 Å². The molecule has 2 atom stereocenters. The lowest BCUT2D eigenvalue weighted by atomic mass is 9.83. The van der Waals surface area contributed by atoms with Crippen LogP contribution >= 0.6 is 0 Å². The molecule has 4 nitrogen and oxygen atoms in total. The van der Waals surface area contributed by atoms with Crippen molar-refractivity contribution >= 4 is 6.20 Å². The zero-order valence-electron chi connectivity index (χ0n) is 15.1. The van der Waals surface area contributed by atoms with E-state index >= 15 is 0 Å². The van der Waals surface area contributed by atoms with Crippen molar-refractivity contribution in [3.63, 3.8) is 0 Å². The molecule has 0 spiro atoms. The molecule has 2 heterocycles. The highest BCUT2D eigenvalue weighted by Gasteiger charge is 2.31. The van der Waals surface area contributed by atoms with Crippen LogP contribution in [0.4, 0.5) is 0 Å². The first kappa shape index (κ1) is 16.5. The Kier molecular flexibility index (Phi) is 4.23. The number of nitrogens with two attached hydrogens (primary N) is 1. The molecule has 0 aliphatic carbocycles. The van der Waals surface area contributed by atoms with Gasteiger partial charge in [0, 0.05) is 37.6 Å². The fraction of sp³-hybridized carbons (Fsp3) is 0.632. The van der Waals surface area contributed by atoms with Crippen molar-refractivity contribution in [3.8, 4) is 0 Å². The molecule has 2 aliphatic heterocycles. The second kappa shape index (κ2) is 5.91. The SMILES string of the molecule is Cc1cc(C(C)N)c2c(c1)=CN(C)[C@@H](N1CCC(C)(C)CC1)N=2. The minimum absolute atomic E-state index is 0.00476. The van der Waals surface area contributed by atoms with E-state index in [2.05, 4.69) is 56.0 Å². The average Bonchev–Trinajstić information content (AvgIpc) is 2.46. The van der Waals surface area contributed by atoms with Gasteiger partial charge in [0.15, 0.2) is 6.29 Å². The predicted molar refractivity (Wildman–Crippen MR) is 95.2 cm³/mol. The molecule has 23 heavy (non-hydrogen) atoms. The van der Waals surface area contributed by atoms with Crippen LogP contribution < -0.4 is 16.3 Å². The molecule has 0 aromatic heterocycles. The Morgan fingerprint density at radius 3 is 2.52 bits per heavy atom. The summed E-state index contributed by atoms with van der Waals surface area (Å²) in [4.78, 5) is 9.84. The third-order valence-electron chi connectivity index (χ3n) is 5.23. The molecule has 0 amide bonds. The van der Waals surface area contributed by atoms with E-state index in [4.69, 9.17) is 10.7 Å². The van der Waals surface area contributed by atoms with E-state index in [1.807, 2.05) is 6.92 Å². The van der Waals surface area contributed by atoms with Crippen LogP contribution in [0.15, 0.2) is 17.1 Å². The summed E-state index contributed by atoms with van der Waals surface area (Å²) in [6.45, 7) is 11.1. The van der Waals surface area contributed by atoms with Crippen LogP contribution in [0.1, 0.15) is 50.8 Å². The Morgan fingerprint density at radius 1 is 1.26 bits per heavy atom. The van der Waals surface area contributed by atoms with E-state index in [0.717, 1.165) is 24.0 Å². The number of aryl methyl sites for hydroxylation is 1. The first-order valence-corrected chi connectivity index (χ1v) is 8.69. The van der Waals surface area contributed by atoms with E-state index in [-0.39, 0.29) is 12.3 Å². The Balaban J connectivity index is 1.99. The molecule has 0 radical (unpaired) electrons. The van der Waals surface area contributed by atoms with Gasteiger partial charge in [0.25, 0.3) is 0 Å². The maximum absolute atomic E-state index is 6.20. The summed E-state index contributed by atoms with van der Waals surface area (Å²) in [5, 5.41) is 2.27. The Bertz CT molecular complexity index is 695. The summed E-state index contributed by atoms with van der Waals surface area (Å²) in [6.07, 6.45) is 4.78. The van der Waals surface area contributed by atoms with Gasteiger partial charge in [-0.15, -0.1) is 0 Å². The molecule has 126 valence electrons.